The van der Waals surface area contributed by atoms with Gasteiger partial charge in [-0.25, -0.2) is 13.1 Å². The van der Waals surface area contributed by atoms with Crippen molar-refractivity contribution in [2.45, 2.75) is 25.8 Å². The number of hydrogen-bond donors (Lipinski definition) is 2. The lowest BCUT2D eigenvalue weighted by molar-refractivity contribution is 0.390. The number of benzene rings is 1. The Morgan fingerprint density at radius 3 is 2.45 bits per heavy atom. The topological polar surface area (TPSA) is 98.2 Å². The molecule has 0 spiro atoms. The first-order valence-corrected chi connectivity index (χ1v) is 7.81. The Kier molecular flexibility index (Phi) is 4.53. The maximum atomic E-state index is 11.9. The molecule has 1 heterocycles. The maximum Gasteiger partial charge on any atom is 0.216 e. The second kappa shape index (κ2) is 6.17. The zero-order chi connectivity index (χ0) is 14.6. The molecular formula is C13H17N3O3S. The number of nitrogens with one attached hydrogen (secondary N) is 1. The predicted octanol–water partition coefficient (Wildman–Crippen LogP) is 1.06. The summed E-state index contributed by atoms with van der Waals surface area (Å²) in [5.41, 5.74) is 7.74. The summed E-state index contributed by atoms with van der Waals surface area (Å²) >= 11 is 0. The maximum absolute atomic E-state index is 11.9. The average Bonchev–Trinajstić information content (AvgIpc) is 2.83. The molecule has 0 radical (unpaired) electrons. The molecule has 0 unspecified atom stereocenters. The molecule has 7 heteroatoms. The molecule has 1 aromatic heterocycles. The van der Waals surface area contributed by atoms with Gasteiger partial charge in [-0.15, -0.1) is 0 Å². The van der Waals surface area contributed by atoms with Crippen LogP contribution >= 0.6 is 0 Å². The molecule has 1 aromatic carbocycles. The lowest BCUT2D eigenvalue weighted by Gasteiger charge is -2.06. The van der Waals surface area contributed by atoms with Crippen LogP contribution in [-0.2, 0) is 28.9 Å². The molecule has 0 fully saturated rings. The Hall–Kier alpha value is -1.70. The van der Waals surface area contributed by atoms with Gasteiger partial charge >= 0.3 is 0 Å². The number of nitrogens with two attached hydrogens (primary N) is 1. The molecule has 0 saturated carbocycles. The second-order valence-corrected chi connectivity index (χ2v) is 6.34. The van der Waals surface area contributed by atoms with Gasteiger partial charge < -0.3 is 10.3 Å². The first-order valence-electron chi connectivity index (χ1n) is 6.16. The van der Waals surface area contributed by atoms with Crippen LogP contribution in [0.4, 0.5) is 0 Å². The minimum atomic E-state index is -3.41. The highest BCUT2D eigenvalue weighted by Gasteiger charge is 2.12. The Balaban J connectivity index is 1.96. The van der Waals surface area contributed by atoms with Crippen LogP contribution in [0.2, 0.25) is 0 Å². The van der Waals surface area contributed by atoms with Crippen molar-refractivity contribution in [2.24, 2.45) is 5.73 Å². The van der Waals surface area contributed by atoms with E-state index in [2.05, 4.69) is 9.88 Å². The Labute approximate surface area is 118 Å². The van der Waals surface area contributed by atoms with Crippen molar-refractivity contribution in [1.29, 1.82) is 0 Å². The van der Waals surface area contributed by atoms with Gasteiger partial charge in [-0.2, -0.15) is 0 Å². The van der Waals surface area contributed by atoms with E-state index in [0.717, 1.165) is 5.56 Å². The summed E-state index contributed by atoms with van der Waals surface area (Å²) < 4.78 is 31.2. The van der Waals surface area contributed by atoms with E-state index >= 15 is 0 Å². The van der Waals surface area contributed by atoms with E-state index in [0.29, 0.717) is 23.6 Å². The quantitative estimate of drug-likeness (QED) is 0.830. The van der Waals surface area contributed by atoms with Crippen LogP contribution in [0.3, 0.4) is 0 Å². The number of sulfonamides is 1. The molecule has 0 aliphatic rings. The van der Waals surface area contributed by atoms with Gasteiger partial charge in [0.1, 0.15) is 5.76 Å². The highest BCUT2D eigenvalue weighted by molar-refractivity contribution is 7.88. The van der Waals surface area contributed by atoms with Crippen LogP contribution in [0.1, 0.15) is 22.6 Å². The van der Waals surface area contributed by atoms with Crippen molar-refractivity contribution in [2.75, 3.05) is 0 Å². The Bertz CT molecular complexity index is 662. The molecule has 0 aliphatic carbocycles. The fourth-order valence-corrected chi connectivity index (χ4v) is 2.83. The normalized spacial score (nSPS) is 11.7. The standard InChI is InChI=1S/C13H17N3O3S/c1-10-6-13(16-19-10)8-15-20(17,18)9-12-4-2-11(7-14)3-5-12/h2-6,15H,7-9,14H2,1H3. The smallest absolute Gasteiger partial charge is 0.216 e. The minimum Gasteiger partial charge on any atom is -0.361 e. The van der Waals surface area contributed by atoms with E-state index in [4.69, 9.17) is 10.3 Å². The molecule has 0 atom stereocenters. The number of rotatable bonds is 6. The van der Waals surface area contributed by atoms with E-state index < -0.39 is 10.0 Å². The SMILES string of the molecule is Cc1cc(CNS(=O)(=O)Cc2ccc(CN)cc2)no1. The average molecular weight is 295 g/mol. The largest absolute Gasteiger partial charge is 0.361 e. The van der Waals surface area contributed by atoms with E-state index in [9.17, 15) is 8.42 Å². The van der Waals surface area contributed by atoms with Gasteiger partial charge in [0.15, 0.2) is 0 Å². The first-order chi connectivity index (χ1) is 9.48. The monoisotopic (exact) mass is 295 g/mol. The van der Waals surface area contributed by atoms with Gasteiger partial charge in [-0.05, 0) is 18.1 Å². The lowest BCUT2D eigenvalue weighted by Crippen LogP contribution is -2.24. The molecule has 2 aromatic rings. The predicted molar refractivity (Wildman–Crippen MR) is 75.0 cm³/mol. The molecule has 20 heavy (non-hydrogen) atoms. The van der Waals surface area contributed by atoms with Crippen LogP contribution in [0.5, 0.6) is 0 Å². The third-order valence-electron chi connectivity index (χ3n) is 2.77. The lowest BCUT2D eigenvalue weighted by atomic mass is 10.1. The summed E-state index contributed by atoms with van der Waals surface area (Å²) in [6.45, 7) is 2.32. The van der Waals surface area contributed by atoms with Gasteiger partial charge in [-0.1, -0.05) is 29.4 Å². The van der Waals surface area contributed by atoms with Crippen LogP contribution < -0.4 is 10.5 Å². The number of hydrogen-bond acceptors (Lipinski definition) is 5. The number of aromatic nitrogens is 1. The Morgan fingerprint density at radius 1 is 1.25 bits per heavy atom. The molecule has 0 bridgehead atoms. The van der Waals surface area contributed by atoms with Gasteiger partial charge in [0.2, 0.25) is 10.0 Å². The third kappa shape index (κ3) is 4.16. The van der Waals surface area contributed by atoms with Crippen molar-refractivity contribution < 1.29 is 12.9 Å². The highest BCUT2D eigenvalue weighted by Crippen LogP contribution is 2.08. The molecule has 6 nitrogen and oxygen atoms in total. The summed E-state index contributed by atoms with van der Waals surface area (Å²) in [5.74, 6) is 0.575. The van der Waals surface area contributed by atoms with Crippen LogP contribution in [0.25, 0.3) is 0 Å². The van der Waals surface area contributed by atoms with Crippen LogP contribution in [0.15, 0.2) is 34.9 Å². The van der Waals surface area contributed by atoms with E-state index in [-0.39, 0.29) is 12.3 Å². The second-order valence-electron chi connectivity index (χ2n) is 4.53. The molecule has 3 N–H and O–H groups in total. The van der Waals surface area contributed by atoms with Crippen LogP contribution in [0, 0.1) is 6.92 Å². The van der Waals surface area contributed by atoms with Gasteiger partial charge in [0.25, 0.3) is 0 Å². The summed E-state index contributed by atoms with van der Waals surface area (Å²) in [6.07, 6.45) is 0. The molecule has 108 valence electrons. The van der Waals surface area contributed by atoms with E-state index in [1.165, 1.54) is 0 Å². The van der Waals surface area contributed by atoms with Crippen LogP contribution in [-0.4, -0.2) is 13.6 Å². The third-order valence-corrected chi connectivity index (χ3v) is 4.06. The van der Waals surface area contributed by atoms with E-state index in [1.54, 1.807) is 25.1 Å². The zero-order valence-corrected chi connectivity index (χ0v) is 12.0. The fraction of sp³-hybridized carbons (Fsp3) is 0.308. The molecule has 2 rings (SSSR count). The highest BCUT2D eigenvalue weighted by atomic mass is 32.2. The van der Waals surface area contributed by atoms with Gasteiger partial charge in [0.05, 0.1) is 18.0 Å². The van der Waals surface area contributed by atoms with Crippen molar-refractivity contribution in [3.8, 4) is 0 Å². The minimum absolute atomic E-state index is 0.0747. The van der Waals surface area contributed by atoms with Crippen molar-refractivity contribution >= 4 is 10.0 Å². The fourth-order valence-electron chi connectivity index (χ4n) is 1.73. The van der Waals surface area contributed by atoms with Crippen molar-refractivity contribution in [3.05, 3.63) is 52.9 Å². The van der Waals surface area contributed by atoms with Crippen molar-refractivity contribution in [3.63, 3.8) is 0 Å². The zero-order valence-electron chi connectivity index (χ0n) is 11.2. The molecule has 0 aliphatic heterocycles. The molecule has 0 saturated heterocycles. The van der Waals surface area contributed by atoms with E-state index in [1.807, 2.05) is 12.1 Å². The van der Waals surface area contributed by atoms with Gasteiger partial charge in [0, 0.05) is 12.6 Å². The first kappa shape index (κ1) is 14.7. The number of aryl methyl sites for hydroxylation is 1. The van der Waals surface area contributed by atoms with Gasteiger partial charge in [-0.3, -0.25) is 0 Å². The Morgan fingerprint density at radius 2 is 1.90 bits per heavy atom. The molecule has 0 amide bonds. The molecular weight excluding hydrogens is 278 g/mol. The summed E-state index contributed by atoms with van der Waals surface area (Å²) in [7, 11) is -3.41. The number of nitrogens with zero attached hydrogens (tertiary/aromatic N) is 1. The van der Waals surface area contributed by atoms with Crippen molar-refractivity contribution in [1.82, 2.24) is 9.88 Å². The summed E-state index contributed by atoms with van der Waals surface area (Å²) in [6, 6.07) is 8.87. The summed E-state index contributed by atoms with van der Waals surface area (Å²) in [4.78, 5) is 0. The summed E-state index contributed by atoms with van der Waals surface area (Å²) in [5, 5.41) is 3.73.